The molecule has 1 aromatic heterocycles. The van der Waals surface area contributed by atoms with Crippen molar-refractivity contribution in [2.24, 2.45) is 5.41 Å². The van der Waals surface area contributed by atoms with Gasteiger partial charge < -0.3 is 5.73 Å². The van der Waals surface area contributed by atoms with E-state index in [0.717, 1.165) is 37.1 Å². The molecule has 74 valence electrons. The summed E-state index contributed by atoms with van der Waals surface area (Å²) in [5.74, 6) is 0. The first-order valence-corrected chi connectivity index (χ1v) is 5.55. The lowest BCUT2D eigenvalue weighted by Gasteiger charge is -2.02. The number of nitrogens with two attached hydrogens (primary N) is 1. The van der Waals surface area contributed by atoms with E-state index in [0.29, 0.717) is 5.13 Å². The van der Waals surface area contributed by atoms with Gasteiger partial charge in [-0.15, -0.1) is 10.2 Å². The smallest absolute Gasteiger partial charge is 0.203 e. The van der Waals surface area contributed by atoms with Gasteiger partial charge in [0.05, 0.1) is 11.5 Å². The first-order chi connectivity index (χ1) is 6.74. The third-order valence-electron chi connectivity index (χ3n) is 2.62. The fourth-order valence-electron chi connectivity index (χ4n) is 1.51. The van der Waals surface area contributed by atoms with Crippen molar-refractivity contribution >= 4 is 16.5 Å². The quantitative estimate of drug-likeness (QED) is 0.817. The van der Waals surface area contributed by atoms with Crippen molar-refractivity contribution in [3.63, 3.8) is 0 Å². The molecular formula is C9H12N4S. The van der Waals surface area contributed by atoms with Gasteiger partial charge in [-0.2, -0.15) is 5.26 Å². The van der Waals surface area contributed by atoms with E-state index in [1.165, 1.54) is 11.3 Å². The van der Waals surface area contributed by atoms with Crippen LogP contribution in [-0.4, -0.2) is 10.2 Å². The number of hydrogen-bond donors (Lipinski definition) is 1. The molecule has 1 aliphatic carbocycles. The Hall–Kier alpha value is -1.15. The normalized spacial score (nSPS) is 17.6. The molecule has 14 heavy (non-hydrogen) atoms. The van der Waals surface area contributed by atoms with Crippen molar-refractivity contribution in [2.45, 2.75) is 32.1 Å². The molecule has 0 aromatic carbocycles. The first-order valence-electron chi connectivity index (χ1n) is 4.73. The number of hydrogen-bond acceptors (Lipinski definition) is 5. The molecule has 0 saturated heterocycles. The van der Waals surface area contributed by atoms with Crippen LogP contribution in [0.15, 0.2) is 0 Å². The number of aryl methyl sites for hydroxylation is 1. The van der Waals surface area contributed by atoms with Crippen LogP contribution in [0.3, 0.4) is 0 Å². The van der Waals surface area contributed by atoms with Crippen molar-refractivity contribution in [3.8, 4) is 6.07 Å². The minimum atomic E-state index is 0.0102. The van der Waals surface area contributed by atoms with E-state index in [1.807, 2.05) is 0 Å². The van der Waals surface area contributed by atoms with Crippen LogP contribution in [-0.2, 0) is 6.42 Å². The van der Waals surface area contributed by atoms with Gasteiger partial charge in [0.2, 0.25) is 5.13 Å². The molecule has 4 nitrogen and oxygen atoms in total. The predicted molar refractivity (Wildman–Crippen MR) is 54.5 cm³/mol. The number of nitrogens with zero attached hydrogens (tertiary/aromatic N) is 3. The molecule has 0 radical (unpaired) electrons. The molecule has 0 amide bonds. The molecule has 5 heteroatoms. The van der Waals surface area contributed by atoms with Gasteiger partial charge in [-0.05, 0) is 25.7 Å². The zero-order valence-corrected chi connectivity index (χ0v) is 8.68. The highest BCUT2D eigenvalue weighted by atomic mass is 32.1. The second-order valence-corrected chi connectivity index (χ2v) is 4.87. The Morgan fingerprint density at radius 2 is 2.29 bits per heavy atom. The van der Waals surface area contributed by atoms with E-state index in [2.05, 4.69) is 16.3 Å². The Morgan fingerprint density at radius 1 is 1.50 bits per heavy atom. The van der Waals surface area contributed by atoms with E-state index in [1.54, 1.807) is 0 Å². The highest BCUT2D eigenvalue weighted by Gasteiger charge is 2.42. The highest BCUT2D eigenvalue weighted by Crippen LogP contribution is 2.49. The lowest BCUT2D eigenvalue weighted by Crippen LogP contribution is -1.96. The maximum atomic E-state index is 8.86. The Labute approximate surface area is 86.8 Å². The van der Waals surface area contributed by atoms with Crippen LogP contribution >= 0.6 is 11.3 Å². The Kier molecular flexibility index (Phi) is 2.38. The second kappa shape index (κ2) is 3.54. The molecule has 0 bridgehead atoms. The third kappa shape index (κ3) is 2.02. The van der Waals surface area contributed by atoms with E-state index in [-0.39, 0.29) is 5.41 Å². The Balaban J connectivity index is 1.76. The molecule has 0 atom stereocenters. The SMILES string of the molecule is N#CC1(CCCc2nnc(N)s2)CC1. The highest BCUT2D eigenvalue weighted by molar-refractivity contribution is 7.15. The fourth-order valence-corrected chi connectivity index (χ4v) is 2.17. The van der Waals surface area contributed by atoms with Crippen LogP contribution < -0.4 is 5.73 Å². The maximum absolute atomic E-state index is 8.86. The topological polar surface area (TPSA) is 75.6 Å². The molecule has 1 saturated carbocycles. The van der Waals surface area contributed by atoms with E-state index in [9.17, 15) is 0 Å². The van der Waals surface area contributed by atoms with Gasteiger partial charge in [0.25, 0.3) is 0 Å². The first kappa shape index (κ1) is 9.41. The molecule has 1 fully saturated rings. The Bertz CT molecular complexity index is 361. The number of anilines is 1. The summed E-state index contributed by atoms with van der Waals surface area (Å²) in [4.78, 5) is 0. The zero-order chi connectivity index (χ0) is 10.0. The summed E-state index contributed by atoms with van der Waals surface area (Å²) in [6.07, 6.45) is 5.05. The summed E-state index contributed by atoms with van der Waals surface area (Å²) in [6, 6.07) is 2.39. The maximum Gasteiger partial charge on any atom is 0.203 e. The van der Waals surface area contributed by atoms with Crippen molar-refractivity contribution in [1.29, 1.82) is 5.26 Å². The standard InChI is InChI=1S/C9H12N4S/c10-6-9(4-5-9)3-1-2-7-12-13-8(11)14-7/h1-5H2,(H2,11,13). The van der Waals surface area contributed by atoms with E-state index >= 15 is 0 Å². The van der Waals surface area contributed by atoms with Crippen molar-refractivity contribution in [3.05, 3.63) is 5.01 Å². The molecule has 0 spiro atoms. The van der Waals surface area contributed by atoms with Gasteiger partial charge in [-0.1, -0.05) is 11.3 Å². The van der Waals surface area contributed by atoms with Gasteiger partial charge in [-0.3, -0.25) is 0 Å². The number of aromatic nitrogens is 2. The largest absolute Gasteiger partial charge is 0.374 e. The van der Waals surface area contributed by atoms with Gasteiger partial charge >= 0.3 is 0 Å². The van der Waals surface area contributed by atoms with Gasteiger partial charge in [0, 0.05) is 6.42 Å². The summed E-state index contributed by atoms with van der Waals surface area (Å²) < 4.78 is 0. The molecule has 1 aliphatic rings. The molecule has 2 rings (SSSR count). The summed E-state index contributed by atoms with van der Waals surface area (Å²) in [5, 5.41) is 18.1. The summed E-state index contributed by atoms with van der Waals surface area (Å²) in [7, 11) is 0. The summed E-state index contributed by atoms with van der Waals surface area (Å²) in [6.45, 7) is 0. The van der Waals surface area contributed by atoms with Crippen LogP contribution in [0, 0.1) is 16.7 Å². The molecular weight excluding hydrogens is 196 g/mol. The molecule has 1 aromatic rings. The van der Waals surface area contributed by atoms with Crippen LogP contribution in [0.2, 0.25) is 0 Å². The molecule has 1 heterocycles. The Morgan fingerprint density at radius 3 is 2.79 bits per heavy atom. The molecule has 0 aliphatic heterocycles. The lowest BCUT2D eigenvalue weighted by atomic mass is 10.0. The van der Waals surface area contributed by atoms with Crippen molar-refractivity contribution in [2.75, 3.05) is 5.73 Å². The second-order valence-electron chi connectivity index (χ2n) is 3.78. The minimum Gasteiger partial charge on any atom is -0.374 e. The van der Waals surface area contributed by atoms with Crippen LogP contribution in [0.5, 0.6) is 0 Å². The lowest BCUT2D eigenvalue weighted by molar-refractivity contribution is 0.561. The number of nitriles is 1. The summed E-state index contributed by atoms with van der Waals surface area (Å²) >= 11 is 1.44. The fraction of sp³-hybridized carbons (Fsp3) is 0.667. The monoisotopic (exact) mass is 208 g/mol. The number of rotatable bonds is 4. The third-order valence-corrected chi connectivity index (χ3v) is 3.43. The van der Waals surface area contributed by atoms with Crippen LogP contribution in [0.4, 0.5) is 5.13 Å². The van der Waals surface area contributed by atoms with Crippen LogP contribution in [0.1, 0.15) is 30.7 Å². The van der Waals surface area contributed by atoms with Gasteiger partial charge in [-0.25, -0.2) is 0 Å². The molecule has 0 unspecified atom stereocenters. The van der Waals surface area contributed by atoms with E-state index in [4.69, 9.17) is 11.0 Å². The average molecular weight is 208 g/mol. The van der Waals surface area contributed by atoms with Gasteiger partial charge in [0.1, 0.15) is 5.01 Å². The average Bonchev–Trinajstić information content (AvgIpc) is 2.84. The van der Waals surface area contributed by atoms with Crippen molar-refractivity contribution in [1.82, 2.24) is 10.2 Å². The van der Waals surface area contributed by atoms with Crippen molar-refractivity contribution < 1.29 is 0 Å². The minimum absolute atomic E-state index is 0.0102. The van der Waals surface area contributed by atoms with Crippen LogP contribution in [0.25, 0.3) is 0 Å². The molecule has 2 N–H and O–H groups in total. The summed E-state index contributed by atoms with van der Waals surface area (Å²) in [5.41, 5.74) is 5.48. The zero-order valence-electron chi connectivity index (χ0n) is 7.86. The number of nitrogen functional groups attached to an aromatic ring is 1. The van der Waals surface area contributed by atoms with E-state index < -0.39 is 0 Å². The predicted octanol–water partition coefficient (Wildman–Crippen LogP) is 1.75. The van der Waals surface area contributed by atoms with Gasteiger partial charge in [0.15, 0.2) is 0 Å².